The normalized spacial score (nSPS) is 14.6. The lowest BCUT2D eigenvalue weighted by atomic mass is 10.1. The molecule has 1 aliphatic heterocycles. The van der Waals surface area contributed by atoms with Crippen LogP contribution in [0.1, 0.15) is 38.7 Å². The van der Waals surface area contributed by atoms with Crippen LogP contribution in [0, 0.1) is 0 Å². The molecule has 3 aromatic rings. The summed E-state index contributed by atoms with van der Waals surface area (Å²) < 4.78 is 27.9. The molecular formula is C27H30ClN3O4S. The third kappa shape index (κ3) is 4.92. The van der Waals surface area contributed by atoms with Crippen LogP contribution >= 0.6 is 11.6 Å². The van der Waals surface area contributed by atoms with Crippen molar-refractivity contribution >= 4 is 49.9 Å². The number of nitrogens with one attached hydrogen (secondary N) is 1. The quantitative estimate of drug-likeness (QED) is 0.413. The maximum Gasteiger partial charge on any atom is 0.265 e. The minimum absolute atomic E-state index is 0.0959. The van der Waals surface area contributed by atoms with E-state index in [4.69, 9.17) is 11.6 Å². The SMILES string of the molecule is CCNC(=O)C(CC)N(Cc1ccccc1Cl)C(=O)CCCN1c2cccc3cccc(c23)S1(=O)=O. The molecule has 1 unspecified atom stereocenters. The Hall–Kier alpha value is -3.10. The summed E-state index contributed by atoms with van der Waals surface area (Å²) >= 11 is 6.35. The van der Waals surface area contributed by atoms with Crippen molar-refractivity contribution in [2.75, 3.05) is 17.4 Å². The van der Waals surface area contributed by atoms with E-state index in [0.29, 0.717) is 40.4 Å². The molecule has 1 aliphatic rings. The van der Waals surface area contributed by atoms with Crippen LogP contribution in [0.4, 0.5) is 5.69 Å². The summed E-state index contributed by atoms with van der Waals surface area (Å²) in [6, 6.07) is 17.4. The summed E-state index contributed by atoms with van der Waals surface area (Å²) in [7, 11) is -3.69. The fourth-order valence-electron chi connectivity index (χ4n) is 4.74. The van der Waals surface area contributed by atoms with E-state index in [1.807, 2.05) is 50.2 Å². The minimum Gasteiger partial charge on any atom is -0.355 e. The number of anilines is 1. The highest BCUT2D eigenvalue weighted by Crippen LogP contribution is 2.42. The van der Waals surface area contributed by atoms with Crippen molar-refractivity contribution in [3.05, 3.63) is 71.2 Å². The van der Waals surface area contributed by atoms with E-state index >= 15 is 0 Å². The van der Waals surface area contributed by atoms with E-state index in [9.17, 15) is 18.0 Å². The molecule has 0 aliphatic carbocycles. The summed E-state index contributed by atoms with van der Waals surface area (Å²) in [6.07, 6.45) is 0.853. The Morgan fingerprint density at radius 2 is 1.75 bits per heavy atom. The highest BCUT2D eigenvalue weighted by Gasteiger charge is 2.35. The molecule has 0 radical (unpaired) electrons. The zero-order valence-corrected chi connectivity index (χ0v) is 22.0. The Labute approximate surface area is 217 Å². The first-order valence-electron chi connectivity index (χ1n) is 12.1. The first-order valence-corrected chi connectivity index (χ1v) is 14.0. The molecule has 2 amide bonds. The number of amides is 2. The van der Waals surface area contributed by atoms with E-state index in [0.717, 1.165) is 10.9 Å². The minimum atomic E-state index is -3.69. The van der Waals surface area contributed by atoms with Gasteiger partial charge in [-0.25, -0.2) is 8.42 Å². The average molecular weight is 528 g/mol. The molecule has 0 fully saturated rings. The van der Waals surface area contributed by atoms with Gasteiger partial charge in [-0.3, -0.25) is 13.9 Å². The van der Waals surface area contributed by atoms with Crippen molar-refractivity contribution < 1.29 is 18.0 Å². The first-order chi connectivity index (χ1) is 17.3. The second-order valence-electron chi connectivity index (χ2n) is 8.74. The topological polar surface area (TPSA) is 86.8 Å². The number of benzene rings is 3. The van der Waals surface area contributed by atoms with Crippen LogP contribution in [-0.4, -0.2) is 44.3 Å². The molecule has 190 valence electrons. The van der Waals surface area contributed by atoms with Crippen molar-refractivity contribution in [3.8, 4) is 0 Å². The number of nitrogens with zero attached hydrogens (tertiary/aromatic N) is 2. The summed E-state index contributed by atoms with van der Waals surface area (Å²) in [5, 5.41) is 4.92. The second-order valence-corrected chi connectivity index (χ2v) is 11.0. The van der Waals surface area contributed by atoms with Gasteiger partial charge in [0.15, 0.2) is 0 Å². The molecule has 1 heterocycles. The van der Waals surface area contributed by atoms with Crippen LogP contribution in [0.5, 0.6) is 0 Å². The van der Waals surface area contributed by atoms with Crippen LogP contribution in [0.3, 0.4) is 0 Å². The third-order valence-corrected chi connectivity index (χ3v) is 8.69. The van der Waals surface area contributed by atoms with Gasteiger partial charge < -0.3 is 10.2 Å². The molecule has 9 heteroatoms. The van der Waals surface area contributed by atoms with Crippen molar-refractivity contribution in [1.29, 1.82) is 0 Å². The lowest BCUT2D eigenvalue weighted by molar-refractivity contribution is -0.141. The number of hydrogen-bond acceptors (Lipinski definition) is 4. The third-order valence-electron chi connectivity index (χ3n) is 6.47. The summed E-state index contributed by atoms with van der Waals surface area (Å²) in [4.78, 5) is 28.1. The smallest absolute Gasteiger partial charge is 0.265 e. The fraction of sp³-hybridized carbons (Fsp3) is 0.333. The maximum atomic E-state index is 13.4. The predicted octanol–water partition coefficient (Wildman–Crippen LogP) is 4.73. The van der Waals surface area contributed by atoms with Gasteiger partial charge in [-0.15, -0.1) is 0 Å². The molecule has 0 aromatic heterocycles. The first kappa shape index (κ1) is 26.0. The molecule has 0 saturated heterocycles. The van der Waals surface area contributed by atoms with E-state index in [1.54, 1.807) is 29.2 Å². The Kier molecular flexibility index (Phi) is 7.85. The van der Waals surface area contributed by atoms with Gasteiger partial charge >= 0.3 is 0 Å². The molecule has 3 aromatic carbocycles. The maximum absolute atomic E-state index is 13.4. The Balaban J connectivity index is 1.53. The molecule has 4 rings (SSSR count). The largest absolute Gasteiger partial charge is 0.355 e. The van der Waals surface area contributed by atoms with Crippen molar-refractivity contribution in [2.45, 2.75) is 50.6 Å². The van der Waals surface area contributed by atoms with Crippen molar-refractivity contribution in [3.63, 3.8) is 0 Å². The van der Waals surface area contributed by atoms with E-state index in [1.165, 1.54) is 4.31 Å². The number of likely N-dealkylation sites (N-methyl/N-ethyl adjacent to an activating group) is 1. The summed E-state index contributed by atoms with van der Waals surface area (Å²) in [5.74, 6) is -0.440. The van der Waals surface area contributed by atoms with Crippen LogP contribution in [0.2, 0.25) is 5.02 Å². The number of hydrogen-bond donors (Lipinski definition) is 1. The Bertz CT molecular complexity index is 1390. The van der Waals surface area contributed by atoms with Crippen molar-refractivity contribution in [1.82, 2.24) is 10.2 Å². The molecule has 0 saturated carbocycles. The molecule has 0 spiro atoms. The van der Waals surface area contributed by atoms with Gasteiger partial charge in [-0.05, 0) is 48.9 Å². The predicted molar refractivity (Wildman–Crippen MR) is 142 cm³/mol. The number of rotatable bonds is 10. The van der Waals surface area contributed by atoms with E-state index in [2.05, 4.69) is 5.32 Å². The molecule has 7 nitrogen and oxygen atoms in total. The zero-order valence-electron chi connectivity index (χ0n) is 20.4. The van der Waals surface area contributed by atoms with Crippen LogP contribution in [0.25, 0.3) is 10.8 Å². The van der Waals surface area contributed by atoms with E-state index in [-0.39, 0.29) is 31.3 Å². The standard InChI is InChI=1S/C27H30ClN3O4S/c1-3-22(27(33)29-4-2)30(18-20-10-5-6-13-21(20)28)25(32)16-9-17-31-23-14-7-11-19-12-8-15-24(26(19)23)36(31,34)35/h5-8,10-15,22H,3-4,9,16-18H2,1-2H3,(H,29,33). The number of carbonyl (C=O) groups excluding carboxylic acids is 2. The van der Waals surface area contributed by atoms with Crippen LogP contribution < -0.4 is 9.62 Å². The molecule has 1 atom stereocenters. The number of halogens is 1. The van der Waals surface area contributed by atoms with Gasteiger partial charge in [0.25, 0.3) is 10.0 Å². The zero-order chi connectivity index (χ0) is 25.9. The molecule has 36 heavy (non-hydrogen) atoms. The van der Waals surface area contributed by atoms with Crippen molar-refractivity contribution in [2.24, 2.45) is 0 Å². The average Bonchev–Trinajstić information content (AvgIpc) is 3.08. The fourth-order valence-corrected chi connectivity index (χ4v) is 6.68. The monoisotopic (exact) mass is 527 g/mol. The van der Waals surface area contributed by atoms with Crippen LogP contribution in [-0.2, 0) is 26.2 Å². The van der Waals surface area contributed by atoms with Gasteiger partial charge in [-0.1, -0.05) is 61.0 Å². The molecular weight excluding hydrogens is 498 g/mol. The van der Waals surface area contributed by atoms with E-state index < -0.39 is 16.1 Å². The number of carbonyl (C=O) groups is 2. The summed E-state index contributed by atoms with van der Waals surface area (Å²) in [5.41, 5.74) is 1.39. The highest BCUT2D eigenvalue weighted by atomic mass is 35.5. The Morgan fingerprint density at radius 1 is 1.03 bits per heavy atom. The summed E-state index contributed by atoms with van der Waals surface area (Å²) in [6.45, 7) is 4.52. The van der Waals surface area contributed by atoms with Gasteiger partial charge in [-0.2, -0.15) is 0 Å². The lowest BCUT2D eigenvalue weighted by Gasteiger charge is -2.31. The molecule has 0 bridgehead atoms. The highest BCUT2D eigenvalue weighted by molar-refractivity contribution is 7.93. The van der Waals surface area contributed by atoms with Gasteiger partial charge in [0.05, 0.1) is 10.6 Å². The lowest BCUT2D eigenvalue weighted by Crippen LogP contribution is -2.49. The molecule has 1 N–H and O–H groups in total. The Morgan fingerprint density at radius 3 is 2.44 bits per heavy atom. The van der Waals surface area contributed by atoms with Gasteiger partial charge in [0, 0.05) is 36.5 Å². The number of sulfonamides is 1. The van der Waals surface area contributed by atoms with Gasteiger partial charge in [0.2, 0.25) is 11.8 Å². The van der Waals surface area contributed by atoms with Crippen LogP contribution in [0.15, 0.2) is 65.6 Å². The van der Waals surface area contributed by atoms with Gasteiger partial charge in [0.1, 0.15) is 6.04 Å². The second kappa shape index (κ2) is 10.9.